The Morgan fingerprint density at radius 2 is 1.57 bits per heavy atom. The van der Waals surface area contributed by atoms with Crippen LogP contribution in [0.5, 0.6) is 0 Å². The van der Waals surface area contributed by atoms with Gasteiger partial charge in [-0.2, -0.15) is 0 Å². The van der Waals surface area contributed by atoms with Gasteiger partial charge >= 0.3 is 0 Å². The van der Waals surface area contributed by atoms with Crippen molar-refractivity contribution in [1.29, 1.82) is 0 Å². The van der Waals surface area contributed by atoms with Gasteiger partial charge in [-0.25, -0.2) is 0 Å². The van der Waals surface area contributed by atoms with Gasteiger partial charge in [-0.15, -0.1) is 0 Å². The van der Waals surface area contributed by atoms with Crippen molar-refractivity contribution in [2.75, 3.05) is 13.1 Å². The van der Waals surface area contributed by atoms with Gasteiger partial charge in [-0.3, -0.25) is 9.59 Å². The zero-order chi connectivity index (χ0) is 16.1. The highest BCUT2D eigenvalue weighted by molar-refractivity contribution is 5.89. The molecule has 5 fully saturated rings. The van der Waals surface area contributed by atoms with Crippen LogP contribution < -0.4 is 0 Å². The summed E-state index contributed by atoms with van der Waals surface area (Å²) in [5.74, 6) is 2.82. The molecule has 128 valence electrons. The van der Waals surface area contributed by atoms with E-state index in [2.05, 4.69) is 4.90 Å². The van der Waals surface area contributed by atoms with E-state index in [-0.39, 0.29) is 23.8 Å². The Morgan fingerprint density at radius 3 is 2.22 bits per heavy atom. The quantitative estimate of drug-likeness (QED) is 0.785. The number of rotatable bonds is 2. The summed E-state index contributed by atoms with van der Waals surface area (Å²) in [6.45, 7) is 5.60. The molecule has 0 aromatic carbocycles. The highest BCUT2D eigenvalue weighted by Gasteiger charge is 2.46. The second kappa shape index (κ2) is 5.78. The summed E-state index contributed by atoms with van der Waals surface area (Å²) in [7, 11) is 0. The van der Waals surface area contributed by atoms with Crippen molar-refractivity contribution in [1.82, 2.24) is 9.80 Å². The molecule has 5 rings (SSSR count). The van der Waals surface area contributed by atoms with E-state index in [0.717, 1.165) is 37.8 Å². The average Bonchev–Trinajstić information content (AvgIpc) is 2.91. The van der Waals surface area contributed by atoms with Crippen molar-refractivity contribution >= 4 is 11.8 Å². The Bertz CT molecular complexity index is 490. The molecule has 0 spiro atoms. The Hall–Kier alpha value is -1.06. The number of carbonyl (C=O) groups excluding carboxylic acids is 2. The number of likely N-dealkylation sites (tertiary alicyclic amines) is 1. The summed E-state index contributed by atoms with van der Waals surface area (Å²) >= 11 is 0. The lowest BCUT2D eigenvalue weighted by Gasteiger charge is -2.40. The van der Waals surface area contributed by atoms with Crippen LogP contribution in [0.15, 0.2) is 0 Å². The second-order valence-corrected chi connectivity index (χ2v) is 8.77. The third-order valence-electron chi connectivity index (χ3n) is 6.70. The molecular formula is C19H30N2O2. The first-order valence-electron chi connectivity index (χ1n) is 9.64. The molecule has 4 heteroatoms. The molecule has 0 aromatic rings. The molecule has 3 aliphatic heterocycles. The predicted octanol–water partition coefficient (Wildman–Crippen LogP) is 2.67. The maximum atomic E-state index is 13.3. The maximum absolute atomic E-state index is 13.3. The van der Waals surface area contributed by atoms with Gasteiger partial charge in [-0.05, 0) is 62.7 Å². The van der Waals surface area contributed by atoms with E-state index in [4.69, 9.17) is 0 Å². The first kappa shape index (κ1) is 15.5. The first-order valence-corrected chi connectivity index (χ1v) is 9.64. The summed E-state index contributed by atoms with van der Waals surface area (Å²) in [4.78, 5) is 29.8. The summed E-state index contributed by atoms with van der Waals surface area (Å²) in [5.41, 5.74) is 0. The van der Waals surface area contributed by atoms with Gasteiger partial charge in [0, 0.05) is 25.0 Å². The normalized spacial score (nSPS) is 39.2. The fourth-order valence-electron chi connectivity index (χ4n) is 5.86. The highest BCUT2D eigenvalue weighted by Crippen LogP contribution is 2.47. The summed E-state index contributed by atoms with van der Waals surface area (Å²) in [6, 6.07) is 0.274. The van der Waals surface area contributed by atoms with E-state index in [9.17, 15) is 9.59 Å². The minimum Gasteiger partial charge on any atom is -0.338 e. The fourth-order valence-corrected chi connectivity index (χ4v) is 5.86. The number of carbonyl (C=O) groups is 2. The smallest absolute Gasteiger partial charge is 0.245 e. The molecular weight excluding hydrogens is 288 g/mol. The molecule has 3 saturated heterocycles. The van der Waals surface area contributed by atoms with E-state index >= 15 is 0 Å². The zero-order valence-corrected chi connectivity index (χ0v) is 14.5. The molecule has 2 aliphatic carbocycles. The molecule has 23 heavy (non-hydrogen) atoms. The molecule has 2 amide bonds. The topological polar surface area (TPSA) is 40.6 Å². The number of fused-ring (bicyclic) bond motifs is 1. The lowest BCUT2D eigenvalue weighted by molar-refractivity contribution is -0.147. The third kappa shape index (κ3) is 2.68. The van der Waals surface area contributed by atoms with Crippen LogP contribution in [-0.4, -0.2) is 46.8 Å². The van der Waals surface area contributed by atoms with Crippen LogP contribution >= 0.6 is 0 Å². The molecule has 0 N–H and O–H groups in total. The fraction of sp³-hybridized carbons (Fsp3) is 0.895. The van der Waals surface area contributed by atoms with Gasteiger partial charge in [0.1, 0.15) is 6.04 Å². The maximum Gasteiger partial charge on any atom is 0.245 e. The van der Waals surface area contributed by atoms with E-state index < -0.39 is 0 Å². The molecule has 4 bridgehead atoms. The summed E-state index contributed by atoms with van der Waals surface area (Å²) < 4.78 is 0. The molecule has 3 unspecified atom stereocenters. The van der Waals surface area contributed by atoms with Gasteiger partial charge in [0.05, 0.1) is 0 Å². The SMILES string of the molecule is CC(C)C(=O)N1CCCC1C(=O)N1CC2CC3CC(C2)CC1C3. The Morgan fingerprint density at radius 1 is 0.913 bits per heavy atom. The molecule has 0 aromatic heterocycles. The van der Waals surface area contributed by atoms with Crippen LogP contribution in [0.4, 0.5) is 0 Å². The molecule has 5 aliphatic rings. The largest absolute Gasteiger partial charge is 0.338 e. The zero-order valence-electron chi connectivity index (χ0n) is 14.5. The van der Waals surface area contributed by atoms with E-state index in [1.165, 1.54) is 32.1 Å². The molecule has 0 radical (unpaired) electrons. The molecule has 2 saturated carbocycles. The van der Waals surface area contributed by atoms with Crippen LogP contribution in [0.25, 0.3) is 0 Å². The van der Waals surface area contributed by atoms with Crippen molar-refractivity contribution in [2.24, 2.45) is 23.7 Å². The summed E-state index contributed by atoms with van der Waals surface area (Å²) in [5, 5.41) is 0. The number of nitrogens with zero attached hydrogens (tertiary/aromatic N) is 2. The number of hydrogen-bond acceptors (Lipinski definition) is 2. The lowest BCUT2D eigenvalue weighted by atomic mass is 9.68. The Balaban J connectivity index is 1.53. The minimum atomic E-state index is -0.180. The van der Waals surface area contributed by atoms with Crippen molar-refractivity contribution in [3.8, 4) is 0 Å². The Kier molecular flexibility index (Phi) is 3.89. The van der Waals surface area contributed by atoms with Gasteiger partial charge < -0.3 is 9.80 Å². The Labute approximate surface area is 139 Å². The van der Waals surface area contributed by atoms with Crippen LogP contribution in [0.2, 0.25) is 0 Å². The van der Waals surface area contributed by atoms with Gasteiger partial charge in [0.25, 0.3) is 0 Å². The minimum absolute atomic E-state index is 0.0144. The first-order chi connectivity index (χ1) is 11.0. The van der Waals surface area contributed by atoms with Gasteiger partial charge in [0.2, 0.25) is 11.8 Å². The monoisotopic (exact) mass is 318 g/mol. The standard InChI is InChI=1S/C19H30N2O2/c1-12(2)18(22)20-5-3-4-17(20)19(23)21-11-15-7-13-6-14(8-15)10-16(21)9-13/h12-17H,3-11H2,1-2H3. The lowest BCUT2D eigenvalue weighted by Crippen LogP contribution is -2.52. The van der Waals surface area contributed by atoms with E-state index in [0.29, 0.717) is 12.0 Å². The van der Waals surface area contributed by atoms with Crippen LogP contribution in [-0.2, 0) is 9.59 Å². The third-order valence-corrected chi connectivity index (χ3v) is 6.70. The molecule has 4 nitrogen and oxygen atoms in total. The van der Waals surface area contributed by atoms with Crippen LogP contribution in [0, 0.1) is 23.7 Å². The van der Waals surface area contributed by atoms with Crippen LogP contribution in [0.1, 0.15) is 58.8 Å². The van der Waals surface area contributed by atoms with Crippen molar-refractivity contribution in [3.63, 3.8) is 0 Å². The predicted molar refractivity (Wildman–Crippen MR) is 88.6 cm³/mol. The van der Waals surface area contributed by atoms with Gasteiger partial charge in [-0.1, -0.05) is 13.8 Å². The van der Waals surface area contributed by atoms with Gasteiger partial charge in [0.15, 0.2) is 0 Å². The molecule has 3 atom stereocenters. The summed E-state index contributed by atoms with van der Waals surface area (Å²) in [6.07, 6.45) is 8.32. The average molecular weight is 318 g/mol. The van der Waals surface area contributed by atoms with Crippen molar-refractivity contribution in [3.05, 3.63) is 0 Å². The molecule has 3 heterocycles. The number of hydrogen-bond donors (Lipinski definition) is 0. The van der Waals surface area contributed by atoms with Crippen molar-refractivity contribution in [2.45, 2.75) is 70.9 Å². The van der Waals surface area contributed by atoms with Crippen LogP contribution in [0.3, 0.4) is 0 Å². The highest BCUT2D eigenvalue weighted by atomic mass is 16.2. The van der Waals surface area contributed by atoms with E-state index in [1.807, 2.05) is 18.7 Å². The second-order valence-electron chi connectivity index (χ2n) is 8.77. The number of amides is 2. The van der Waals surface area contributed by atoms with Crippen molar-refractivity contribution < 1.29 is 9.59 Å². The van der Waals surface area contributed by atoms with E-state index in [1.54, 1.807) is 0 Å².